The van der Waals surface area contributed by atoms with Crippen LogP contribution < -0.4 is 11.1 Å². The standard InChI is InChI=1S/C7H12N4O/c1-5(8)2-10-7(12)6-3-9-4-11-6/h3-5H,2,8H2,1H3,(H,9,11)(H,10,12). The first-order valence-corrected chi connectivity index (χ1v) is 3.72. The van der Waals surface area contributed by atoms with Crippen molar-refractivity contribution < 1.29 is 4.79 Å². The molecule has 0 saturated heterocycles. The van der Waals surface area contributed by atoms with Gasteiger partial charge in [-0.25, -0.2) is 4.98 Å². The van der Waals surface area contributed by atoms with Crippen LogP contribution in [0.5, 0.6) is 0 Å². The van der Waals surface area contributed by atoms with Crippen molar-refractivity contribution in [2.75, 3.05) is 6.54 Å². The number of carbonyl (C=O) groups excluding carboxylic acids is 1. The molecule has 1 atom stereocenters. The molecule has 0 fully saturated rings. The maximum absolute atomic E-state index is 11.2. The van der Waals surface area contributed by atoms with Gasteiger partial charge in [-0.3, -0.25) is 4.79 Å². The molecular formula is C7H12N4O. The molecule has 0 bridgehead atoms. The number of H-pyrrole nitrogens is 1. The highest BCUT2D eigenvalue weighted by molar-refractivity contribution is 5.91. The summed E-state index contributed by atoms with van der Waals surface area (Å²) in [6.07, 6.45) is 2.93. The summed E-state index contributed by atoms with van der Waals surface area (Å²) in [6.45, 7) is 2.30. The Kier molecular flexibility index (Phi) is 2.82. The summed E-state index contributed by atoms with van der Waals surface area (Å²) in [5.74, 6) is -0.176. The van der Waals surface area contributed by atoms with Crippen LogP contribution in [0.1, 0.15) is 17.4 Å². The molecule has 5 heteroatoms. The zero-order valence-corrected chi connectivity index (χ0v) is 6.87. The van der Waals surface area contributed by atoms with Gasteiger partial charge in [0.2, 0.25) is 0 Å². The summed E-state index contributed by atoms with van der Waals surface area (Å²) in [5, 5.41) is 2.65. The lowest BCUT2D eigenvalue weighted by atomic mass is 10.3. The lowest BCUT2D eigenvalue weighted by Crippen LogP contribution is -2.35. The predicted octanol–water partition coefficient (Wildman–Crippen LogP) is -0.513. The fraction of sp³-hybridized carbons (Fsp3) is 0.429. The molecule has 0 aliphatic rings. The second-order valence-corrected chi connectivity index (χ2v) is 2.65. The minimum Gasteiger partial charge on any atom is -0.349 e. The van der Waals surface area contributed by atoms with E-state index in [0.717, 1.165) is 0 Å². The van der Waals surface area contributed by atoms with E-state index in [-0.39, 0.29) is 11.9 Å². The van der Waals surface area contributed by atoms with Gasteiger partial charge in [0.05, 0.1) is 12.5 Å². The van der Waals surface area contributed by atoms with Gasteiger partial charge in [0, 0.05) is 12.6 Å². The molecule has 1 unspecified atom stereocenters. The first-order chi connectivity index (χ1) is 5.70. The Morgan fingerprint density at radius 1 is 1.92 bits per heavy atom. The Hall–Kier alpha value is -1.36. The Morgan fingerprint density at radius 2 is 2.67 bits per heavy atom. The van der Waals surface area contributed by atoms with Crippen molar-refractivity contribution in [3.63, 3.8) is 0 Å². The number of hydrogen-bond donors (Lipinski definition) is 3. The van der Waals surface area contributed by atoms with Crippen LogP contribution in [0, 0.1) is 0 Å². The molecule has 1 rings (SSSR count). The number of nitrogens with one attached hydrogen (secondary N) is 2. The zero-order valence-electron chi connectivity index (χ0n) is 6.87. The van der Waals surface area contributed by atoms with Gasteiger partial charge in [-0.15, -0.1) is 0 Å². The summed E-state index contributed by atoms with van der Waals surface area (Å²) in [7, 11) is 0. The van der Waals surface area contributed by atoms with E-state index in [4.69, 9.17) is 5.73 Å². The molecule has 1 heterocycles. The molecule has 1 aromatic heterocycles. The summed E-state index contributed by atoms with van der Waals surface area (Å²) in [5.41, 5.74) is 5.91. The van der Waals surface area contributed by atoms with E-state index in [1.807, 2.05) is 6.92 Å². The van der Waals surface area contributed by atoms with Gasteiger partial charge in [0.1, 0.15) is 5.69 Å². The Labute approximate surface area is 70.4 Å². The minimum absolute atomic E-state index is 0.0307. The average molecular weight is 168 g/mol. The number of carbonyl (C=O) groups is 1. The zero-order chi connectivity index (χ0) is 8.97. The molecule has 0 saturated carbocycles. The van der Waals surface area contributed by atoms with Crippen LogP contribution in [0.15, 0.2) is 12.5 Å². The average Bonchev–Trinajstić information content (AvgIpc) is 2.51. The maximum atomic E-state index is 11.2. The van der Waals surface area contributed by atoms with E-state index in [1.165, 1.54) is 12.5 Å². The normalized spacial score (nSPS) is 12.5. The van der Waals surface area contributed by atoms with Crippen LogP contribution >= 0.6 is 0 Å². The first-order valence-electron chi connectivity index (χ1n) is 3.72. The SMILES string of the molecule is CC(N)CNC(=O)c1cnc[nH]1. The molecule has 0 spiro atoms. The van der Waals surface area contributed by atoms with Crippen molar-refractivity contribution in [3.05, 3.63) is 18.2 Å². The fourth-order valence-corrected chi connectivity index (χ4v) is 0.729. The number of hydrogen-bond acceptors (Lipinski definition) is 3. The number of imidazole rings is 1. The van der Waals surface area contributed by atoms with E-state index in [0.29, 0.717) is 12.2 Å². The Bertz CT molecular complexity index is 242. The van der Waals surface area contributed by atoms with Crippen molar-refractivity contribution in [2.45, 2.75) is 13.0 Å². The smallest absolute Gasteiger partial charge is 0.269 e. The van der Waals surface area contributed by atoms with Gasteiger partial charge in [-0.2, -0.15) is 0 Å². The molecule has 5 nitrogen and oxygen atoms in total. The third kappa shape index (κ3) is 2.35. The molecule has 0 aliphatic carbocycles. The molecule has 0 aliphatic heterocycles. The maximum Gasteiger partial charge on any atom is 0.269 e. The molecular weight excluding hydrogens is 156 g/mol. The summed E-state index contributed by atoms with van der Waals surface area (Å²) < 4.78 is 0. The van der Waals surface area contributed by atoms with Gasteiger partial charge in [0.25, 0.3) is 5.91 Å². The largest absolute Gasteiger partial charge is 0.349 e. The van der Waals surface area contributed by atoms with Gasteiger partial charge in [-0.1, -0.05) is 0 Å². The van der Waals surface area contributed by atoms with Crippen molar-refractivity contribution >= 4 is 5.91 Å². The third-order valence-electron chi connectivity index (χ3n) is 1.33. The molecule has 0 aromatic carbocycles. The molecule has 66 valence electrons. The molecule has 0 radical (unpaired) electrons. The van der Waals surface area contributed by atoms with Crippen LogP contribution in [0.2, 0.25) is 0 Å². The van der Waals surface area contributed by atoms with Crippen LogP contribution in [0.25, 0.3) is 0 Å². The van der Waals surface area contributed by atoms with E-state index < -0.39 is 0 Å². The number of nitrogens with two attached hydrogens (primary N) is 1. The highest BCUT2D eigenvalue weighted by atomic mass is 16.1. The predicted molar refractivity (Wildman–Crippen MR) is 44.6 cm³/mol. The van der Waals surface area contributed by atoms with E-state index in [9.17, 15) is 4.79 Å². The van der Waals surface area contributed by atoms with E-state index >= 15 is 0 Å². The number of aromatic nitrogens is 2. The number of aromatic amines is 1. The number of rotatable bonds is 3. The van der Waals surface area contributed by atoms with Crippen molar-refractivity contribution in [2.24, 2.45) is 5.73 Å². The van der Waals surface area contributed by atoms with Crippen molar-refractivity contribution in [1.29, 1.82) is 0 Å². The van der Waals surface area contributed by atoms with Crippen LogP contribution in [-0.4, -0.2) is 28.5 Å². The van der Waals surface area contributed by atoms with Crippen molar-refractivity contribution in [1.82, 2.24) is 15.3 Å². The Balaban J connectivity index is 2.40. The van der Waals surface area contributed by atoms with Crippen LogP contribution in [-0.2, 0) is 0 Å². The van der Waals surface area contributed by atoms with Gasteiger partial charge < -0.3 is 16.0 Å². The monoisotopic (exact) mass is 168 g/mol. The quantitative estimate of drug-likeness (QED) is 0.568. The molecule has 1 amide bonds. The van der Waals surface area contributed by atoms with E-state index in [2.05, 4.69) is 15.3 Å². The highest BCUT2D eigenvalue weighted by Gasteiger charge is 2.05. The fourth-order valence-electron chi connectivity index (χ4n) is 0.729. The summed E-state index contributed by atoms with van der Waals surface area (Å²) in [4.78, 5) is 17.6. The Morgan fingerprint density at radius 3 is 3.17 bits per heavy atom. The second kappa shape index (κ2) is 3.87. The lowest BCUT2D eigenvalue weighted by Gasteiger charge is -2.05. The van der Waals surface area contributed by atoms with Gasteiger partial charge in [-0.05, 0) is 6.92 Å². The lowest BCUT2D eigenvalue weighted by molar-refractivity contribution is 0.0947. The number of amides is 1. The van der Waals surface area contributed by atoms with E-state index in [1.54, 1.807) is 0 Å². The highest BCUT2D eigenvalue weighted by Crippen LogP contribution is 1.89. The minimum atomic E-state index is -0.176. The van der Waals surface area contributed by atoms with Gasteiger partial charge >= 0.3 is 0 Å². The van der Waals surface area contributed by atoms with Crippen molar-refractivity contribution in [3.8, 4) is 0 Å². The summed E-state index contributed by atoms with van der Waals surface area (Å²) >= 11 is 0. The van der Waals surface area contributed by atoms with Crippen LogP contribution in [0.3, 0.4) is 0 Å². The third-order valence-corrected chi connectivity index (χ3v) is 1.33. The van der Waals surface area contributed by atoms with Crippen LogP contribution in [0.4, 0.5) is 0 Å². The topological polar surface area (TPSA) is 83.8 Å². The molecule has 1 aromatic rings. The van der Waals surface area contributed by atoms with Gasteiger partial charge in [0.15, 0.2) is 0 Å². The number of nitrogens with zero attached hydrogens (tertiary/aromatic N) is 1. The second-order valence-electron chi connectivity index (χ2n) is 2.65. The summed E-state index contributed by atoms with van der Waals surface area (Å²) in [6, 6.07) is -0.0307. The first kappa shape index (κ1) is 8.73. The molecule has 12 heavy (non-hydrogen) atoms. The molecule has 4 N–H and O–H groups in total.